The lowest BCUT2D eigenvalue weighted by molar-refractivity contribution is -0.124. The maximum absolute atomic E-state index is 13.0. The number of carbonyl (C=O) groups is 1. The molecule has 10 heteroatoms. The first kappa shape index (κ1) is 21.3. The number of pyridine rings is 1. The summed E-state index contributed by atoms with van der Waals surface area (Å²) >= 11 is 6.32. The number of aromatic nitrogens is 4. The smallest absolute Gasteiger partial charge is 0.294 e. The fourth-order valence-electron chi connectivity index (χ4n) is 3.87. The number of carbonyl (C=O) groups excluding carboxylic acids is 1. The number of H-pyrrole nitrogens is 1. The average Bonchev–Trinajstić information content (AvgIpc) is 3.40. The van der Waals surface area contributed by atoms with Crippen molar-refractivity contribution in [3.05, 3.63) is 51.4 Å². The molecule has 1 amide bonds. The van der Waals surface area contributed by atoms with Crippen LogP contribution in [0.3, 0.4) is 0 Å². The third-order valence-corrected chi connectivity index (χ3v) is 5.73. The van der Waals surface area contributed by atoms with Gasteiger partial charge in [0.15, 0.2) is 11.0 Å². The molecule has 1 atom stereocenters. The molecule has 0 fully saturated rings. The topological polar surface area (TPSA) is 114 Å². The minimum atomic E-state index is -0.608. The Hall–Kier alpha value is -2.91. The number of hydrogen-bond donors (Lipinski definition) is 3. The fraction of sp³-hybridized carbons (Fsp3) is 0.429. The van der Waals surface area contributed by atoms with Crippen molar-refractivity contribution >= 4 is 34.2 Å². The second kappa shape index (κ2) is 9.49. The number of amides is 1. The largest absolute Gasteiger partial charge is 0.385 e. The Morgan fingerprint density at radius 1 is 1.42 bits per heavy atom. The van der Waals surface area contributed by atoms with Crippen LogP contribution < -0.4 is 16.2 Å². The quantitative estimate of drug-likeness (QED) is 0.437. The standard InChI is InChI=1S/C21H25ClN6O3/c1-31-9-3-2-7-24-19-21(30)28-16(18(22)27-19)4-5-17(28)20(29)25-12-14-10-13-11-23-8-6-15(13)26-14/h6,8,10-11,17,26H,2-5,7,9,12H2,1H3,(H,24,27)(H,25,29). The zero-order valence-electron chi connectivity index (χ0n) is 17.3. The molecular formula is C21H25ClN6O3. The van der Waals surface area contributed by atoms with E-state index in [-0.39, 0.29) is 22.4 Å². The van der Waals surface area contributed by atoms with Gasteiger partial charge in [0, 0.05) is 49.3 Å². The minimum Gasteiger partial charge on any atom is -0.385 e. The number of unbranched alkanes of at least 4 members (excludes halogenated alkanes) is 1. The Bertz CT molecular complexity index is 1110. The van der Waals surface area contributed by atoms with E-state index in [1.165, 1.54) is 4.57 Å². The van der Waals surface area contributed by atoms with Crippen molar-refractivity contribution in [2.75, 3.05) is 25.6 Å². The van der Waals surface area contributed by atoms with Crippen LogP contribution in [0.2, 0.25) is 5.15 Å². The summed E-state index contributed by atoms with van der Waals surface area (Å²) in [5.41, 5.74) is 2.11. The van der Waals surface area contributed by atoms with E-state index in [9.17, 15) is 9.59 Å². The minimum absolute atomic E-state index is 0.175. The van der Waals surface area contributed by atoms with Crippen LogP contribution in [0, 0.1) is 0 Å². The van der Waals surface area contributed by atoms with Crippen LogP contribution in [0.1, 0.15) is 36.7 Å². The van der Waals surface area contributed by atoms with E-state index >= 15 is 0 Å². The number of ether oxygens (including phenoxy) is 1. The van der Waals surface area contributed by atoms with E-state index in [1.807, 2.05) is 12.1 Å². The van der Waals surface area contributed by atoms with Crippen LogP contribution in [-0.2, 0) is 22.5 Å². The molecule has 1 aliphatic heterocycles. The Morgan fingerprint density at radius 2 is 2.29 bits per heavy atom. The molecule has 1 unspecified atom stereocenters. The Morgan fingerprint density at radius 3 is 3.10 bits per heavy atom. The number of aromatic amines is 1. The lowest BCUT2D eigenvalue weighted by Crippen LogP contribution is -2.36. The highest BCUT2D eigenvalue weighted by Gasteiger charge is 2.32. The van der Waals surface area contributed by atoms with E-state index in [0.29, 0.717) is 38.2 Å². The summed E-state index contributed by atoms with van der Waals surface area (Å²) in [5.74, 6) is -0.0417. The SMILES string of the molecule is COCCCCNc1nc(Cl)c2n(c1=O)C(C(=O)NCc1cc3cnccc3[nH]1)CC2. The van der Waals surface area contributed by atoms with E-state index < -0.39 is 6.04 Å². The predicted molar refractivity (Wildman–Crippen MR) is 118 cm³/mol. The Labute approximate surface area is 184 Å². The second-order valence-corrected chi connectivity index (χ2v) is 7.89. The van der Waals surface area contributed by atoms with Gasteiger partial charge in [0.05, 0.1) is 12.2 Å². The summed E-state index contributed by atoms with van der Waals surface area (Å²) in [5, 5.41) is 7.22. The van der Waals surface area contributed by atoms with Crippen LogP contribution in [0.15, 0.2) is 29.3 Å². The number of anilines is 1. The van der Waals surface area contributed by atoms with E-state index in [4.69, 9.17) is 16.3 Å². The van der Waals surface area contributed by atoms with Gasteiger partial charge in [-0.1, -0.05) is 11.6 Å². The number of nitrogens with zero attached hydrogens (tertiary/aromatic N) is 3. The van der Waals surface area contributed by atoms with Crippen LogP contribution in [0.25, 0.3) is 10.9 Å². The Balaban J connectivity index is 1.46. The second-order valence-electron chi connectivity index (χ2n) is 7.53. The Kier molecular flexibility index (Phi) is 6.53. The zero-order valence-corrected chi connectivity index (χ0v) is 18.0. The van der Waals surface area contributed by atoms with Gasteiger partial charge in [0.1, 0.15) is 6.04 Å². The maximum atomic E-state index is 13.0. The first-order valence-corrected chi connectivity index (χ1v) is 10.7. The molecule has 0 aromatic carbocycles. The van der Waals surface area contributed by atoms with Crippen LogP contribution in [-0.4, -0.2) is 45.7 Å². The van der Waals surface area contributed by atoms with E-state index in [2.05, 4.69) is 25.6 Å². The number of halogens is 1. The molecule has 0 spiro atoms. The summed E-state index contributed by atoms with van der Waals surface area (Å²) in [7, 11) is 1.65. The fourth-order valence-corrected chi connectivity index (χ4v) is 4.14. The average molecular weight is 445 g/mol. The maximum Gasteiger partial charge on any atom is 0.294 e. The van der Waals surface area contributed by atoms with E-state index in [0.717, 1.165) is 29.4 Å². The molecule has 3 N–H and O–H groups in total. The van der Waals surface area contributed by atoms with Crippen LogP contribution >= 0.6 is 11.6 Å². The molecule has 31 heavy (non-hydrogen) atoms. The van der Waals surface area contributed by atoms with Gasteiger partial charge in [-0.15, -0.1) is 0 Å². The lowest BCUT2D eigenvalue weighted by atomic mass is 10.2. The normalized spacial score (nSPS) is 15.2. The molecule has 4 rings (SSSR count). The molecule has 0 bridgehead atoms. The van der Waals surface area contributed by atoms with Crippen molar-refractivity contribution in [2.45, 2.75) is 38.3 Å². The summed E-state index contributed by atoms with van der Waals surface area (Å²) < 4.78 is 6.51. The number of hydrogen-bond acceptors (Lipinski definition) is 6. The van der Waals surface area contributed by atoms with Gasteiger partial charge >= 0.3 is 0 Å². The number of fused-ring (bicyclic) bond motifs is 2. The highest BCUT2D eigenvalue weighted by molar-refractivity contribution is 6.30. The third-order valence-electron chi connectivity index (χ3n) is 5.43. The first-order valence-electron chi connectivity index (χ1n) is 10.3. The molecule has 0 aliphatic carbocycles. The molecular weight excluding hydrogens is 420 g/mol. The summed E-state index contributed by atoms with van der Waals surface area (Å²) in [6.45, 7) is 1.57. The molecule has 0 saturated carbocycles. The molecule has 1 aliphatic rings. The van der Waals surface area contributed by atoms with Crippen molar-refractivity contribution in [1.82, 2.24) is 24.8 Å². The number of rotatable bonds is 9. The van der Waals surface area contributed by atoms with Crippen LogP contribution in [0.5, 0.6) is 0 Å². The summed E-state index contributed by atoms with van der Waals surface area (Å²) in [4.78, 5) is 37.5. The third kappa shape index (κ3) is 4.57. The highest BCUT2D eigenvalue weighted by atomic mass is 35.5. The van der Waals surface area contributed by atoms with Crippen LogP contribution in [0.4, 0.5) is 5.82 Å². The molecule has 4 heterocycles. The monoisotopic (exact) mass is 444 g/mol. The van der Waals surface area contributed by atoms with Crippen molar-refractivity contribution in [1.29, 1.82) is 0 Å². The highest BCUT2D eigenvalue weighted by Crippen LogP contribution is 2.29. The predicted octanol–water partition coefficient (Wildman–Crippen LogP) is 2.42. The van der Waals surface area contributed by atoms with Gasteiger partial charge in [0.2, 0.25) is 5.91 Å². The number of methoxy groups -OCH3 is 1. The zero-order chi connectivity index (χ0) is 21.8. The lowest BCUT2D eigenvalue weighted by Gasteiger charge is -2.16. The van der Waals surface area contributed by atoms with Gasteiger partial charge in [-0.25, -0.2) is 4.98 Å². The van der Waals surface area contributed by atoms with Gasteiger partial charge < -0.3 is 20.4 Å². The summed E-state index contributed by atoms with van der Waals surface area (Å²) in [6, 6.07) is 3.22. The number of nitrogens with one attached hydrogen (secondary N) is 3. The molecule has 0 radical (unpaired) electrons. The molecule has 3 aromatic rings. The van der Waals surface area contributed by atoms with Gasteiger partial charge in [-0.3, -0.25) is 19.1 Å². The molecule has 9 nitrogen and oxygen atoms in total. The van der Waals surface area contributed by atoms with Gasteiger partial charge in [-0.05, 0) is 37.8 Å². The molecule has 0 saturated heterocycles. The van der Waals surface area contributed by atoms with Crippen molar-refractivity contribution in [3.8, 4) is 0 Å². The van der Waals surface area contributed by atoms with Crippen molar-refractivity contribution in [3.63, 3.8) is 0 Å². The van der Waals surface area contributed by atoms with E-state index in [1.54, 1.807) is 19.5 Å². The molecule has 164 valence electrons. The molecule has 3 aromatic heterocycles. The van der Waals surface area contributed by atoms with Gasteiger partial charge in [-0.2, -0.15) is 0 Å². The van der Waals surface area contributed by atoms with Crippen molar-refractivity contribution < 1.29 is 9.53 Å². The van der Waals surface area contributed by atoms with Crippen molar-refractivity contribution in [2.24, 2.45) is 0 Å². The summed E-state index contributed by atoms with van der Waals surface area (Å²) in [6.07, 6.45) is 6.23. The first-order chi connectivity index (χ1) is 15.1. The van der Waals surface area contributed by atoms with Gasteiger partial charge in [0.25, 0.3) is 5.56 Å².